The van der Waals surface area contributed by atoms with Crippen molar-refractivity contribution in [1.29, 1.82) is 0 Å². The Bertz CT molecular complexity index is 1360. The molecule has 1 aliphatic rings. The fraction of sp³-hybridized carbons (Fsp3) is 0.333. The van der Waals surface area contributed by atoms with Crippen LogP contribution in [-0.2, 0) is 15.8 Å². The Morgan fingerprint density at radius 3 is 2.34 bits per heavy atom. The van der Waals surface area contributed by atoms with Crippen molar-refractivity contribution in [1.82, 2.24) is 14.3 Å². The van der Waals surface area contributed by atoms with Crippen LogP contribution in [0, 0.1) is 13.8 Å². The number of hydrogen-bond donors (Lipinski definition) is 0. The van der Waals surface area contributed by atoms with Crippen molar-refractivity contribution in [3.8, 4) is 5.75 Å². The van der Waals surface area contributed by atoms with Gasteiger partial charge in [0.1, 0.15) is 12.0 Å². The molecule has 0 spiro atoms. The normalized spacial score (nSPS) is 14.6. The predicted octanol–water partition coefficient (Wildman–Crippen LogP) is 3.73. The van der Waals surface area contributed by atoms with E-state index >= 15 is 0 Å². The van der Waals surface area contributed by atoms with Gasteiger partial charge in [-0.3, -0.25) is 4.79 Å². The summed E-state index contributed by atoms with van der Waals surface area (Å²) in [5.74, 6) is -0.324. The first kappa shape index (κ1) is 25.1. The first-order chi connectivity index (χ1) is 16.7. The molecule has 9 nitrogen and oxygen atoms in total. The molecule has 0 N–H and O–H groups in total. The standard InChI is InChI=1S/C24H25N3O6S2/c1-16-12-17(2)26-24(25-16)34-15-19-13-21(28)22(14-32-19)33-23(29)18-6-8-20(9-7-18)35(30,31)27-10-4-3-5-11-27/h6-9,12-14H,3-5,10-11,15H2,1-2H3. The largest absolute Gasteiger partial charge is 0.464 e. The Morgan fingerprint density at radius 2 is 1.71 bits per heavy atom. The third-order valence-electron chi connectivity index (χ3n) is 5.40. The van der Waals surface area contributed by atoms with E-state index in [4.69, 9.17) is 9.15 Å². The minimum absolute atomic E-state index is 0.116. The maximum absolute atomic E-state index is 12.8. The summed E-state index contributed by atoms with van der Waals surface area (Å²) < 4.78 is 37.6. The van der Waals surface area contributed by atoms with Crippen molar-refractivity contribution in [2.24, 2.45) is 0 Å². The van der Waals surface area contributed by atoms with Gasteiger partial charge in [0.15, 0.2) is 5.16 Å². The molecule has 0 bridgehead atoms. The molecule has 0 radical (unpaired) electrons. The van der Waals surface area contributed by atoms with Gasteiger partial charge in [-0.25, -0.2) is 23.2 Å². The second-order valence-corrected chi connectivity index (χ2v) is 11.1. The number of nitrogens with zero attached hydrogens (tertiary/aromatic N) is 3. The monoisotopic (exact) mass is 515 g/mol. The van der Waals surface area contributed by atoms with Crippen LogP contribution >= 0.6 is 11.8 Å². The molecule has 0 aliphatic carbocycles. The Kier molecular flexibility index (Phi) is 7.68. The summed E-state index contributed by atoms with van der Waals surface area (Å²) in [6, 6.07) is 8.61. The molecular formula is C24H25N3O6S2. The molecule has 184 valence electrons. The first-order valence-electron chi connectivity index (χ1n) is 11.1. The highest BCUT2D eigenvalue weighted by Gasteiger charge is 2.26. The van der Waals surface area contributed by atoms with Gasteiger partial charge >= 0.3 is 5.97 Å². The smallest absolute Gasteiger partial charge is 0.343 e. The number of sulfonamides is 1. The second kappa shape index (κ2) is 10.7. The summed E-state index contributed by atoms with van der Waals surface area (Å²) in [6.07, 6.45) is 3.78. The van der Waals surface area contributed by atoms with E-state index < -0.39 is 21.4 Å². The van der Waals surface area contributed by atoms with Crippen molar-refractivity contribution in [3.05, 3.63) is 75.6 Å². The van der Waals surface area contributed by atoms with Gasteiger partial charge in [0, 0.05) is 30.5 Å². The van der Waals surface area contributed by atoms with Gasteiger partial charge < -0.3 is 9.15 Å². The number of benzene rings is 1. The number of thioether (sulfide) groups is 1. The molecule has 0 atom stereocenters. The van der Waals surface area contributed by atoms with Gasteiger partial charge in [0.05, 0.1) is 16.2 Å². The van der Waals surface area contributed by atoms with Crippen LogP contribution in [0.5, 0.6) is 5.75 Å². The Morgan fingerprint density at radius 1 is 1.06 bits per heavy atom. The highest BCUT2D eigenvalue weighted by atomic mass is 32.2. The van der Waals surface area contributed by atoms with E-state index in [1.165, 1.54) is 46.4 Å². The lowest BCUT2D eigenvalue weighted by Gasteiger charge is -2.25. The summed E-state index contributed by atoms with van der Waals surface area (Å²) in [4.78, 5) is 33.7. The molecule has 0 amide bonds. The summed E-state index contributed by atoms with van der Waals surface area (Å²) >= 11 is 1.33. The minimum Gasteiger partial charge on any atom is -0.464 e. The van der Waals surface area contributed by atoms with Gasteiger partial charge in [-0.1, -0.05) is 18.2 Å². The Balaban J connectivity index is 1.40. The second-order valence-electron chi connectivity index (χ2n) is 8.18. The van der Waals surface area contributed by atoms with Crippen molar-refractivity contribution in [2.75, 3.05) is 13.1 Å². The molecule has 11 heteroatoms. The van der Waals surface area contributed by atoms with Crippen LogP contribution in [0.3, 0.4) is 0 Å². The molecule has 2 aromatic heterocycles. The number of piperidine rings is 1. The van der Waals surface area contributed by atoms with Crippen molar-refractivity contribution >= 4 is 27.8 Å². The zero-order valence-corrected chi connectivity index (χ0v) is 21.0. The summed E-state index contributed by atoms with van der Waals surface area (Å²) in [6.45, 7) is 4.74. The summed E-state index contributed by atoms with van der Waals surface area (Å²) in [5, 5.41) is 0.575. The lowest BCUT2D eigenvalue weighted by Crippen LogP contribution is -2.35. The zero-order chi connectivity index (χ0) is 25.0. The SMILES string of the molecule is Cc1cc(C)nc(SCc2cc(=O)c(OC(=O)c3ccc(S(=O)(=O)N4CCCCC4)cc3)co2)n1. The van der Waals surface area contributed by atoms with E-state index in [1.54, 1.807) is 0 Å². The van der Waals surface area contributed by atoms with E-state index in [2.05, 4.69) is 9.97 Å². The van der Waals surface area contributed by atoms with E-state index in [1.807, 2.05) is 19.9 Å². The van der Waals surface area contributed by atoms with Crippen LogP contribution < -0.4 is 10.2 Å². The molecule has 1 saturated heterocycles. The number of rotatable bonds is 7. The van der Waals surface area contributed by atoms with Crippen LogP contribution in [0.15, 0.2) is 61.9 Å². The molecule has 1 aliphatic heterocycles. The first-order valence-corrected chi connectivity index (χ1v) is 13.5. The highest BCUT2D eigenvalue weighted by molar-refractivity contribution is 7.98. The van der Waals surface area contributed by atoms with Gasteiger partial charge in [0.25, 0.3) is 0 Å². The lowest BCUT2D eigenvalue weighted by atomic mass is 10.2. The zero-order valence-electron chi connectivity index (χ0n) is 19.4. The maximum atomic E-state index is 12.8. The number of carbonyl (C=O) groups excluding carboxylic acids is 1. The van der Waals surface area contributed by atoms with Crippen LogP contribution in [-0.4, -0.2) is 41.7 Å². The van der Waals surface area contributed by atoms with E-state index in [9.17, 15) is 18.0 Å². The number of aryl methyl sites for hydroxylation is 2. The number of ether oxygens (including phenoxy) is 1. The van der Waals surface area contributed by atoms with E-state index in [0.717, 1.165) is 36.9 Å². The van der Waals surface area contributed by atoms with Crippen molar-refractivity contribution in [3.63, 3.8) is 0 Å². The molecule has 0 unspecified atom stereocenters. The molecule has 0 saturated carbocycles. The number of aromatic nitrogens is 2. The van der Waals surface area contributed by atoms with Crippen LogP contribution in [0.4, 0.5) is 0 Å². The fourth-order valence-electron chi connectivity index (χ4n) is 3.66. The molecule has 3 heterocycles. The molecule has 4 rings (SSSR count). The third kappa shape index (κ3) is 6.16. The van der Waals surface area contributed by atoms with Crippen LogP contribution in [0.25, 0.3) is 0 Å². The summed E-state index contributed by atoms with van der Waals surface area (Å²) in [5.41, 5.74) is 1.31. The number of esters is 1. The summed E-state index contributed by atoms with van der Waals surface area (Å²) in [7, 11) is -3.60. The van der Waals surface area contributed by atoms with Crippen LogP contribution in [0.1, 0.15) is 46.8 Å². The topological polar surface area (TPSA) is 120 Å². The van der Waals surface area contributed by atoms with E-state index in [-0.39, 0.29) is 16.2 Å². The fourth-order valence-corrected chi connectivity index (χ4v) is 6.02. The molecule has 1 aromatic carbocycles. The quantitative estimate of drug-likeness (QED) is 0.263. The maximum Gasteiger partial charge on any atom is 0.343 e. The average Bonchev–Trinajstić information content (AvgIpc) is 2.84. The molecule has 1 fully saturated rings. The Hall–Kier alpha value is -3.02. The van der Waals surface area contributed by atoms with Crippen molar-refractivity contribution < 1.29 is 22.4 Å². The molecule has 3 aromatic rings. The van der Waals surface area contributed by atoms with Crippen LogP contribution in [0.2, 0.25) is 0 Å². The van der Waals surface area contributed by atoms with Gasteiger partial charge in [0.2, 0.25) is 21.2 Å². The van der Waals surface area contributed by atoms with Gasteiger partial charge in [-0.05, 0) is 57.0 Å². The minimum atomic E-state index is -3.60. The van der Waals surface area contributed by atoms with Crippen molar-refractivity contribution in [2.45, 2.75) is 48.9 Å². The van der Waals surface area contributed by atoms with E-state index in [0.29, 0.717) is 29.8 Å². The Labute approximate surface area is 207 Å². The van der Waals surface area contributed by atoms with Gasteiger partial charge in [-0.2, -0.15) is 4.31 Å². The third-order valence-corrected chi connectivity index (χ3v) is 8.19. The average molecular weight is 516 g/mol. The van der Waals surface area contributed by atoms with Gasteiger partial charge in [-0.15, -0.1) is 0 Å². The molecular weight excluding hydrogens is 490 g/mol. The highest BCUT2D eigenvalue weighted by Crippen LogP contribution is 2.22. The molecule has 35 heavy (non-hydrogen) atoms. The number of hydrogen-bond acceptors (Lipinski definition) is 9. The predicted molar refractivity (Wildman–Crippen MR) is 130 cm³/mol. The lowest BCUT2D eigenvalue weighted by molar-refractivity contribution is 0.0728. The number of carbonyl (C=O) groups is 1.